The molecular formula is C24H24ClN5O2. The zero-order valence-corrected chi connectivity index (χ0v) is 18.5. The van der Waals surface area contributed by atoms with E-state index >= 15 is 0 Å². The second kappa shape index (κ2) is 9.87. The lowest BCUT2D eigenvalue weighted by Gasteiger charge is -2.35. The molecule has 0 saturated carbocycles. The maximum Gasteiger partial charge on any atom is 0.259 e. The smallest absolute Gasteiger partial charge is 0.259 e. The van der Waals surface area contributed by atoms with Crippen LogP contribution in [0.5, 0.6) is 0 Å². The lowest BCUT2D eigenvalue weighted by molar-refractivity contribution is -0.134. The average molecular weight is 450 g/mol. The molecule has 1 aliphatic rings. The third kappa shape index (κ3) is 5.11. The molecule has 2 aromatic heterocycles. The molecule has 0 aliphatic carbocycles. The molecule has 7 nitrogen and oxygen atoms in total. The Balaban J connectivity index is 1.50. The number of benzene rings is 1. The third-order valence-corrected chi connectivity index (χ3v) is 5.82. The molecule has 32 heavy (non-hydrogen) atoms. The number of carbonyl (C=O) groups excluding carboxylic acids is 2. The molecule has 4 rings (SSSR count). The molecule has 0 spiro atoms. The number of piperidine rings is 1. The number of pyridine rings is 1. The number of hydrogen-bond acceptors (Lipinski definition) is 5. The van der Waals surface area contributed by atoms with Gasteiger partial charge in [0.15, 0.2) is 5.82 Å². The number of anilines is 1. The highest BCUT2D eigenvalue weighted by Gasteiger charge is 2.30. The highest BCUT2D eigenvalue weighted by atomic mass is 35.5. The summed E-state index contributed by atoms with van der Waals surface area (Å²) in [6, 6.07) is 10.4. The summed E-state index contributed by atoms with van der Waals surface area (Å²) in [5, 5.41) is 3.43. The van der Waals surface area contributed by atoms with Crippen molar-refractivity contribution in [3.8, 4) is 0 Å². The number of likely N-dealkylation sites (tertiary alicyclic amines) is 1. The minimum absolute atomic E-state index is 0.0479. The van der Waals surface area contributed by atoms with Gasteiger partial charge in [0, 0.05) is 35.8 Å². The number of amides is 2. The molecule has 164 valence electrons. The van der Waals surface area contributed by atoms with E-state index < -0.39 is 0 Å². The summed E-state index contributed by atoms with van der Waals surface area (Å²) >= 11 is 5.90. The van der Waals surface area contributed by atoms with Crippen molar-refractivity contribution in [2.24, 2.45) is 0 Å². The fraction of sp³-hybridized carbons (Fsp3) is 0.292. The molecule has 3 heterocycles. The number of hydrogen-bond donors (Lipinski definition) is 1. The summed E-state index contributed by atoms with van der Waals surface area (Å²) < 4.78 is 0. The fourth-order valence-electron chi connectivity index (χ4n) is 3.88. The van der Waals surface area contributed by atoms with Crippen LogP contribution in [0.15, 0.2) is 55.0 Å². The Morgan fingerprint density at radius 2 is 1.88 bits per heavy atom. The molecule has 1 fully saturated rings. The highest BCUT2D eigenvalue weighted by Crippen LogP contribution is 2.30. The van der Waals surface area contributed by atoms with Crippen molar-refractivity contribution < 1.29 is 9.59 Å². The van der Waals surface area contributed by atoms with E-state index in [-0.39, 0.29) is 17.9 Å². The SMILES string of the molecule is Cc1nc([C@@H]2CCCCN2C(=O)Cc2ccncc2)ncc1C(=O)Nc1ccc(Cl)cc1. The van der Waals surface area contributed by atoms with Gasteiger partial charge in [-0.05, 0) is 68.1 Å². The van der Waals surface area contributed by atoms with Gasteiger partial charge in [-0.15, -0.1) is 0 Å². The van der Waals surface area contributed by atoms with Gasteiger partial charge in [-0.2, -0.15) is 0 Å². The van der Waals surface area contributed by atoms with Gasteiger partial charge in [0.25, 0.3) is 5.91 Å². The van der Waals surface area contributed by atoms with Gasteiger partial charge in [0.05, 0.1) is 23.7 Å². The number of nitrogens with zero attached hydrogens (tertiary/aromatic N) is 4. The molecule has 1 N–H and O–H groups in total. The van der Waals surface area contributed by atoms with Crippen LogP contribution in [-0.4, -0.2) is 38.2 Å². The monoisotopic (exact) mass is 449 g/mol. The summed E-state index contributed by atoms with van der Waals surface area (Å²) in [7, 11) is 0. The van der Waals surface area contributed by atoms with E-state index in [1.54, 1.807) is 49.8 Å². The van der Waals surface area contributed by atoms with Crippen molar-refractivity contribution >= 4 is 29.1 Å². The number of nitrogens with one attached hydrogen (secondary N) is 1. The average Bonchev–Trinajstić information content (AvgIpc) is 2.81. The van der Waals surface area contributed by atoms with Crippen molar-refractivity contribution in [1.82, 2.24) is 19.9 Å². The summed E-state index contributed by atoms with van der Waals surface area (Å²) in [6.07, 6.45) is 8.01. The van der Waals surface area contributed by atoms with Gasteiger partial charge >= 0.3 is 0 Å². The second-order valence-electron chi connectivity index (χ2n) is 7.82. The van der Waals surface area contributed by atoms with Crippen LogP contribution in [0.3, 0.4) is 0 Å². The number of halogens is 1. The van der Waals surface area contributed by atoms with Crippen LogP contribution in [0.25, 0.3) is 0 Å². The van der Waals surface area contributed by atoms with Gasteiger partial charge < -0.3 is 10.2 Å². The summed E-state index contributed by atoms with van der Waals surface area (Å²) in [5.74, 6) is 0.339. The molecular weight excluding hydrogens is 426 g/mol. The van der Waals surface area contributed by atoms with Crippen LogP contribution in [0.2, 0.25) is 5.02 Å². The van der Waals surface area contributed by atoms with Crippen LogP contribution in [-0.2, 0) is 11.2 Å². The maximum absolute atomic E-state index is 13.0. The maximum atomic E-state index is 13.0. The molecule has 8 heteroatoms. The van der Waals surface area contributed by atoms with Gasteiger partial charge in [-0.3, -0.25) is 14.6 Å². The largest absolute Gasteiger partial charge is 0.332 e. The summed E-state index contributed by atoms with van der Waals surface area (Å²) in [6.45, 7) is 2.46. The Kier molecular flexibility index (Phi) is 6.75. The molecule has 1 aliphatic heterocycles. The molecule has 1 saturated heterocycles. The van der Waals surface area contributed by atoms with E-state index in [1.807, 2.05) is 17.0 Å². The van der Waals surface area contributed by atoms with Crippen LogP contribution < -0.4 is 5.32 Å². The third-order valence-electron chi connectivity index (χ3n) is 5.57. The number of rotatable bonds is 5. The van der Waals surface area contributed by atoms with E-state index in [1.165, 1.54) is 0 Å². The molecule has 3 aromatic rings. The number of aryl methyl sites for hydroxylation is 1. The number of carbonyl (C=O) groups is 2. The second-order valence-corrected chi connectivity index (χ2v) is 8.26. The van der Waals surface area contributed by atoms with Crippen molar-refractivity contribution in [2.75, 3.05) is 11.9 Å². The molecule has 0 bridgehead atoms. The van der Waals surface area contributed by atoms with Crippen LogP contribution >= 0.6 is 11.6 Å². The first-order valence-corrected chi connectivity index (χ1v) is 11.0. The Bertz CT molecular complexity index is 1110. The quantitative estimate of drug-likeness (QED) is 0.624. The Morgan fingerprint density at radius 1 is 1.12 bits per heavy atom. The zero-order valence-electron chi connectivity index (χ0n) is 17.8. The Morgan fingerprint density at radius 3 is 2.59 bits per heavy atom. The van der Waals surface area contributed by atoms with E-state index in [9.17, 15) is 9.59 Å². The predicted octanol–water partition coefficient (Wildman–Crippen LogP) is 4.38. The Labute approximate surface area is 191 Å². The van der Waals surface area contributed by atoms with Crippen LogP contribution in [0.4, 0.5) is 5.69 Å². The first-order valence-electron chi connectivity index (χ1n) is 10.6. The predicted molar refractivity (Wildman–Crippen MR) is 122 cm³/mol. The lowest BCUT2D eigenvalue weighted by atomic mass is 10.00. The van der Waals surface area contributed by atoms with Gasteiger partial charge in [-0.1, -0.05) is 11.6 Å². The summed E-state index contributed by atoms with van der Waals surface area (Å²) in [4.78, 5) is 40.7. The van der Waals surface area contributed by atoms with Crippen molar-refractivity contribution in [2.45, 2.75) is 38.6 Å². The standard InChI is InChI=1S/C24H24ClN5O2/c1-16-20(24(32)29-19-7-5-18(25)6-8-19)15-27-23(28-16)21-4-2-3-13-30(21)22(31)14-17-9-11-26-12-10-17/h5-12,15,21H,2-4,13-14H2,1H3,(H,29,32)/t21-/m0/s1. The van der Waals surface area contributed by atoms with Crippen LogP contribution in [0, 0.1) is 6.92 Å². The molecule has 2 amide bonds. The normalized spacial score (nSPS) is 15.9. The molecule has 0 unspecified atom stereocenters. The van der Waals surface area contributed by atoms with E-state index in [2.05, 4.69) is 20.3 Å². The zero-order chi connectivity index (χ0) is 22.5. The highest BCUT2D eigenvalue weighted by molar-refractivity contribution is 6.30. The minimum Gasteiger partial charge on any atom is -0.332 e. The van der Waals surface area contributed by atoms with Crippen molar-refractivity contribution in [3.63, 3.8) is 0 Å². The van der Waals surface area contributed by atoms with E-state index in [0.29, 0.717) is 40.8 Å². The minimum atomic E-state index is -0.286. The number of aromatic nitrogens is 3. The Hall–Kier alpha value is -3.32. The molecule has 1 atom stereocenters. The van der Waals surface area contributed by atoms with E-state index in [0.717, 1.165) is 24.8 Å². The van der Waals surface area contributed by atoms with Gasteiger partial charge in [-0.25, -0.2) is 9.97 Å². The van der Waals surface area contributed by atoms with Crippen LogP contribution in [0.1, 0.15) is 52.7 Å². The van der Waals surface area contributed by atoms with Crippen molar-refractivity contribution in [3.05, 3.63) is 82.7 Å². The molecule has 1 aromatic carbocycles. The topological polar surface area (TPSA) is 88.1 Å². The van der Waals surface area contributed by atoms with Crippen molar-refractivity contribution in [1.29, 1.82) is 0 Å². The first-order chi connectivity index (χ1) is 15.5. The van der Waals surface area contributed by atoms with Gasteiger partial charge in [0.2, 0.25) is 5.91 Å². The first kappa shape index (κ1) is 21.9. The lowest BCUT2D eigenvalue weighted by Crippen LogP contribution is -2.40. The molecule has 0 radical (unpaired) electrons. The fourth-order valence-corrected chi connectivity index (χ4v) is 4.00. The van der Waals surface area contributed by atoms with Gasteiger partial charge in [0.1, 0.15) is 0 Å². The summed E-state index contributed by atoms with van der Waals surface area (Å²) in [5.41, 5.74) is 2.55. The van der Waals surface area contributed by atoms with E-state index in [4.69, 9.17) is 11.6 Å².